The standard InChI is InChI=1S/C20H24N2O3/c23-20(10-12-21-11-4-7-16-5-2-1-3-6-16)22-14-17-8-9-18-19(13-17)25-15-24-18/h1-3,5-6,8-9,13,21H,4,7,10-12,14-15H2,(H,22,23). The molecule has 1 aliphatic rings. The fourth-order valence-corrected chi connectivity index (χ4v) is 2.73. The lowest BCUT2D eigenvalue weighted by molar-refractivity contribution is -0.121. The molecule has 0 saturated carbocycles. The van der Waals surface area contributed by atoms with E-state index in [0.29, 0.717) is 19.5 Å². The Morgan fingerprint density at radius 1 is 0.960 bits per heavy atom. The van der Waals surface area contributed by atoms with E-state index >= 15 is 0 Å². The summed E-state index contributed by atoms with van der Waals surface area (Å²) in [7, 11) is 0. The van der Waals surface area contributed by atoms with E-state index in [1.165, 1.54) is 5.56 Å². The summed E-state index contributed by atoms with van der Waals surface area (Å²) in [5, 5.41) is 6.25. The Hall–Kier alpha value is -2.53. The van der Waals surface area contributed by atoms with Crippen LogP contribution in [0.25, 0.3) is 0 Å². The Bertz CT molecular complexity index is 689. The molecular formula is C20H24N2O3. The maximum atomic E-state index is 11.9. The van der Waals surface area contributed by atoms with Crippen LogP contribution in [0.3, 0.4) is 0 Å². The van der Waals surface area contributed by atoms with Crippen molar-refractivity contribution in [1.29, 1.82) is 0 Å². The summed E-state index contributed by atoms with van der Waals surface area (Å²) in [6.45, 7) is 2.39. The van der Waals surface area contributed by atoms with Crippen molar-refractivity contribution >= 4 is 5.91 Å². The van der Waals surface area contributed by atoms with E-state index < -0.39 is 0 Å². The van der Waals surface area contributed by atoms with Crippen molar-refractivity contribution in [3.05, 3.63) is 59.7 Å². The van der Waals surface area contributed by atoms with Gasteiger partial charge in [0.05, 0.1) is 0 Å². The topological polar surface area (TPSA) is 59.6 Å². The number of nitrogens with one attached hydrogen (secondary N) is 2. The van der Waals surface area contributed by atoms with Gasteiger partial charge in [-0.15, -0.1) is 0 Å². The molecule has 0 bridgehead atoms. The average molecular weight is 340 g/mol. The van der Waals surface area contributed by atoms with Gasteiger partial charge < -0.3 is 20.1 Å². The Labute approximate surface area is 148 Å². The molecule has 0 radical (unpaired) electrons. The number of hydrogen-bond acceptors (Lipinski definition) is 4. The van der Waals surface area contributed by atoms with E-state index in [2.05, 4.69) is 34.9 Å². The highest BCUT2D eigenvalue weighted by atomic mass is 16.7. The molecule has 25 heavy (non-hydrogen) atoms. The van der Waals surface area contributed by atoms with E-state index in [1.54, 1.807) is 0 Å². The summed E-state index contributed by atoms with van der Waals surface area (Å²) in [5.41, 5.74) is 2.36. The molecule has 2 N–H and O–H groups in total. The Kier molecular flexibility index (Phi) is 6.29. The van der Waals surface area contributed by atoms with Crippen LogP contribution in [0.5, 0.6) is 11.5 Å². The number of rotatable bonds is 9. The van der Waals surface area contributed by atoms with Gasteiger partial charge in [-0.05, 0) is 42.6 Å². The lowest BCUT2D eigenvalue weighted by Crippen LogP contribution is -2.27. The van der Waals surface area contributed by atoms with E-state index in [-0.39, 0.29) is 12.7 Å². The number of hydrogen-bond donors (Lipinski definition) is 2. The maximum absolute atomic E-state index is 11.9. The Morgan fingerprint density at radius 3 is 2.68 bits per heavy atom. The van der Waals surface area contributed by atoms with Crippen molar-refractivity contribution in [1.82, 2.24) is 10.6 Å². The van der Waals surface area contributed by atoms with Crippen LogP contribution in [0.1, 0.15) is 24.0 Å². The largest absolute Gasteiger partial charge is 0.454 e. The number of amides is 1. The molecule has 0 aliphatic carbocycles. The lowest BCUT2D eigenvalue weighted by atomic mass is 10.1. The van der Waals surface area contributed by atoms with Crippen LogP contribution in [0.15, 0.2) is 48.5 Å². The van der Waals surface area contributed by atoms with Crippen molar-refractivity contribution in [2.75, 3.05) is 19.9 Å². The highest BCUT2D eigenvalue weighted by Crippen LogP contribution is 2.32. The van der Waals surface area contributed by atoms with Crippen LogP contribution in [0.4, 0.5) is 0 Å². The van der Waals surface area contributed by atoms with Crippen LogP contribution >= 0.6 is 0 Å². The molecule has 2 aromatic carbocycles. The minimum absolute atomic E-state index is 0.0493. The number of ether oxygens (including phenoxy) is 2. The van der Waals surface area contributed by atoms with Crippen molar-refractivity contribution in [2.45, 2.75) is 25.8 Å². The minimum atomic E-state index is 0.0493. The van der Waals surface area contributed by atoms with E-state index in [9.17, 15) is 4.79 Å². The summed E-state index contributed by atoms with van der Waals surface area (Å²) in [6.07, 6.45) is 2.61. The van der Waals surface area contributed by atoms with Gasteiger partial charge in [0.2, 0.25) is 12.7 Å². The predicted octanol–water partition coefficient (Wildman–Crippen LogP) is 2.64. The molecule has 0 fully saturated rings. The molecule has 5 nitrogen and oxygen atoms in total. The molecule has 1 amide bonds. The first-order chi connectivity index (χ1) is 12.3. The highest BCUT2D eigenvalue weighted by molar-refractivity contribution is 5.76. The number of aryl methyl sites for hydroxylation is 1. The van der Waals surface area contributed by atoms with Crippen molar-refractivity contribution in [3.8, 4) is 11.5 Å². The Morgan fingerprint density at radius 2 is 1.80 bits per heavy atom. The van der Waals surface area contributed by atoms with Crippen LogP contribution in [-0.2, 0) is 17.8 Å². The fourth-order valence-electron chi connectivity index (χ4n) is 2.73. The smallest absolute Gasteiger partial charge is 0.231 e. The summed E-state index contributed by atoms with van der Waals surface area (Å²) < 4.78 is 10.6. The number of carbonyl (C=O) groups is 1. The van der Waals surface area contributed by atoms with E-state index in [4.69, 9.17) is 9.47 Å². The van der Waals surface area contributed by atoms with E-state index in [1.807, 2.05) is 24.3 Å². The summed E-state index contributed by atoms with van der Waals surface area (Å²) in [4.78, 5) is 11.9. The highest BCUT2D eigenvalue weighted by Gasteiger charge is 2.13. The lowest BCUT2D eigenvalue weighted by Gasteiger charge is -2.07. The molecule has 0 spiro atoms. The van der Waals surface area contributed by atoms with Gasteiger partial charge in [-0.3, -0.25) is 4.79 Å². The monoisotopic (exact) mass is 340 g/mol. The molecule has 0 unspecified atom stereocenters. The van der Waals surface area contributed by atoms with E-state index in [0.717, 1.165) is 36.4 Å². The van der Waals surface area contributed by atoms with Crippen molar-refractivity contribution < 1.29 is 14.3 Å². The molecule has 0 atom stereocenters. The van der Waals surface area contributed by atoms with Crippen molar-refractivity contribution in [3.63, 3.8) is 0 Å². The van der Waals surface area contributed by atoms with Crippen LogP contribution in [0.2, 0.25) is 0 Å². The first kappa shape index (κ1) is 17.3. The fraction of sp³-hybridized carbons (Fsp3) is 0.350. The molecule has 1 aliphatic heterocycles. The molecule has 0 saturated heterocycles. The first-order valence-electron chi connectivity index (χ1n) is 8.71. The van der Waals surface area contributed by atoms with Gasteiger partial charge in [-0.25, -0.2) is 0 Å². The zero-order valence-electron chi connectivity index (χ0n) is 14.3. The molecular weight excluding hydrogens is 316 g/mol. The minimum Gasteiger partial charge on any atom is -0.454 e. The van der Waals surface area contributed by atoms with Gasteiger partial charge in [-0.2, -0.15) is 0 Å². The molecule has 5 heteroatoms. The number of benzene rings is 2. The number of fused-ring (bicyclic) bond motifs is 1. The van der Waals surface area contributed by atoms with Crippen LogP contribution in [0, 0.1) is 0 Å². The third kappa shape index (κ3) is 5.50. The summed E-state index contributed by atoms with van der Waals surface area (Å²) in [5.74, 6) is 1.55. The second-order valence-corrected chi connectivity index (χ2v) is 6.05. The third-order valence-electron chi connectivity index (χ3n) is 4.12. The molecule has 2 aromatic rings. The van der Waals surface area contributed by atoms with Gasteiger partial charge >= 0.3 is 0 Å². The Balaban J connectivity index is 1.26. The summed E-state index contributed by atoms with van der Waals surface area (Å²) in [6, 6.07) is 16.2. The second-order valence-electron chi connectivity index (χ2n) is 6.05. The third-order valence-corrected chi connectivity index (χ3v) is 4.12. The van der Waals surface area contributed by atoms with Crippen LogP contribution < -0.4 is 20.1 Å². The maximum Gasteiger partial charge on any atom is 0.231 e. The number of carbonyl (C=O) groups excluding carboxylic acids is 1. The van der Waals surface area contributed by atoms with Gasteiger partial charge in [0.25, 0.3) is 0 Å². The molecule has 132 valence electrons. The average Bonchev–Trinajstić information content (AvgIpc) is 3.11. The second kappa shape index (κ2) is 9.08. The summed E-state index contributed by atoms with van der Waals surface area (Å²) >= 11 is 0. The zero-order chi connectivity index (χ0) is 17.3. The van der Waals surface area contributed by atoms with Crippen molar-refractivity contribution in [2.24, 2.45) is 0 Å². The van der Waals surface area contributed by atoms with Gasteiger partial charge in [0.1, 0.15) is 0 Å². The van der Waals surface area contributed by atoms with Gasteiger partial charge in [0.15, 0.2) is 11.5 Å². The van der Waals surface area contributed by atoms with Gasteiger partial charge in [-0.1, -0.05) is 36.4 Å². The SMILES string of the molecule is O=C(CCNCCCc1ccccc1)NCc1ccc2c(c1)OCO2. The molecule has 3 rings (SSSR count). The zero-order valence-corrected chi connectivity index (χ0v) is 14.3. The normalized spacial score (nSPS) is 12.2. The van der Waals surface area contributed by atoms with Gasteiger partial charge in [0, 0.05) is 19.5 Å². The molecule has 0 aromatic heterocycles. The quantitative estimate of drug-likeness (QED) is 0.689. The predicted molar refractivity (Wildman–Crippen MR) is 96.7 cm³/mol. The van der Waals surface area contributed by atoms with Crippen LogP contribution in [-0.4, -0.2) is 25.8 Å². The first-order valence-corrected chi connectivity index (χ1v) is 8.71. The molecule has 1 heterocycles.